The summed E-state index contributed by atoms with van der Waals surface area (Å²) < 4.78 is 14.3. The number of rotatable bonds is 5. The molecule has 0 aliphatic heterocycles. The van der Waals surface area contributed by atoms with E-state index in [9.17, 15) is 4.39 Å². The highest BCUT2D eigenvalue weighted by atomic mass is 79.9. The van der Waals surface area contributed by atoms with E-state index in [1.165, 1.54) is 31.7 Å². The fourth-order valence-electron chi connectivity index (χ4n) is 3.46. The molecule has 1 N–H and O–H groups in total. The number of nitrogens with one attached hydrogen (secondary N) is 1. The molecule has 2 rings (SSSR count). The Morgan fingerprint density at radius 2 is 2.20 bits per heavy atom. The quantitative estimate of drug-likeness (QED) is 0.800. The van der Waals surface area contributed by atoms with Crippen LogP contribution in [0.3, 0.4) is 0 Å². The van der Waals surface area contributed by atoms with E-state index in [4.69, 9.17) is 0 Å². The van der Waals surface area contributed by atoms with Gasteiger partial charge in [-0.2, -0.15) is 0 Å². The Labute approximate surface area is 130 Å². The highest BCUT2D eigenvalue weighted by Crippen LogP contribution is 2.33. The molecular formula is C17H25BrFN. The molecule has 112 valence electrons. The Morgan fingerprint density at radius 3 is 2.90 bits per heavy atom. The molecule has 0 heterocycles. The van der Waals surface area contributed by atoms with Crippen molar-refractivity contribution in [3.05, 3.63) is 34.1 Å². The van der Waals surface area contributed by atoms with Crippen LogP contribution in [0.25, 0.3) is 0 Å². The second-order valence-corrected chi connectivity index (χ2v) is 6.91. The topological polar surface area (TPSA) is 12.0 Å². The van der Waals surface area contributed by atoms with Gasteiger partial charge in [-0.05, 0) is 65.2 Å². The summed E-state index contributed by atoms with van der Waals surface area (Å²) in [7, 11) is 0. The molecule has 3 unspecified atom stereocenters. The van der Waals surface area contributed by atoms with Gasteiger partial charge >= 0.3 is 0 Å². The zero-order valence-corrected chi connectivity index (χ0v) is 14.0. The molecule has 0 saturated heterocycles. The molecule has 1 fully saturated rings. The summed E-state index contributed by atoms with van der Waals surface area (Å²) in [6.45, 7) is 5.48. The lowest BCUT2D eigenvalue weighted by atomic mass is 9.77. The summed E-state index contributed by atoms with van der Waals surface area (Å²) in [6.07, 6.45) is 6.19. The van der Waals surface area contributed by atoms with Gasteiger partial charge in [0.1, 0.15) is 5.82 Å². The lowest BCUT2D eigenvalue weighted by Gasteiger charge is -2.34. The van der Waals surface area contributed by atoms with Gasteiger partial charge in [0.15, 0.2) is 0 Å². The first-order valence-corrected chi connectivity index (χ1v) is 8.57. The molecule has 0 bridgehead atoms. The molecule has 1 aromatic rings. The van der Waals surface area contributed by atoms with Crippen molar-refractivity contribution >= 4 is 15.9 Å². The molecule has 1 saturated carbocycles. The predicted octanol–water partition coefficient (Wildman–Crippen LogP) is 4.94. The fraction of sp³-hybridized carbons (Fsp3) is 0.647. The summed E-state index contributed by atoms with van der Waals surface area (Å²) in [5, 5.41) is 3.62. The summed E-state index contributed by atoms with van der Waals surface area (Å²) in [5.41, 5.74) is 1.08. The van der Waals surface area contributed by atoms with Gasteiger partial charge in [0.25, 0.3) is 0 Å². The molecule has 3 heteroatoms. The highest BCUT2D eigenvalue weighted by molar-refractivity contribution is 9.10. The number of halogens is 2. The van der Waals surface area contributed by atoms with Crippen molar-refractivity contribution in [1.82, 2.24) is 5.32 Å². The van der Waals surface area contributed by atoms with Crippen molar-refractivity contribution in [1.29, 1.82) is 0 Å². The minimum atomic E-state index is -0.158. The lowest BCUT2D eigenvalue weighted by Crippen LogP contribution is -2.40. The van der Waals surface area contributed by atoms with Gasteiger partial charge in [-0.15, -0.1) is 0 Å². The van der Waals surface area contributed by atoms with Crippen molar-refractivity contribution in [3.8, 4) is 0 Å². The second kappa shape index (κ2) is 7.56. The van der Waals surface area contributed by atoms with Crippen LogP contribution in [0.4, 0.5) is 4.39 Å². The molecule has 0 spiro atoms. The SMILES string of the molecule is CCNC(Cc1cccc(F)c1Br)C1CCCC(C)C1. The third-order valence-electron chi connectivity index (χ3n) is 4.48. The van der Waals surface area contributed by atoms with Crippen molar-refractivity contribution in [2.45, 2.75) is 52.0 Å². The van der Waals surface area contributed by atoms with E-state index in [1.54, 1.807) is 0 Å². The Hall–Kier alpha value is -0.410. The summed E-state index contributed by atoms with van der Waals surface area (Å²) >= 11 is 3.39. The van der Waals surface area contributed by atoms with Crippen LogP contribution in [-0.2, 0) is 6.42 Å². The summed E-state index contributed by atoms with van der Waals surface area (Å²) in [6, 6.07) is 5.81. The molecular weight excluding hydrogens is 317 g/mol. The van der Waals surface area contributed by atoms with Crippen molar-refractivity contribution in [2.75, 3.05) is 6.54 Å². The van der Waals surface area contributed by atoms with E-state index in [-0.39, 0.29) is 5.82 Å². The van der Waals surface area contributed by atoms with Crippen LogP contribution >= 0.6 is 15.9 Å². The third-order valence-corrected chi connectivity index (χ3v) is 5.37. The van der Waals surface area contributed by atoms with Gasteiger partial charge in [-0.3, -0.25) is 0 Å². The van der Waals surface area contributed by atoms with Gasteiger partial charge in [-0.1, -0.05) is 38.8 Å². The van der Waals surface area contributed by atoms with Crippen molar-refractivity contribution in [3.63, 3.8) is 0 Å². The zero-order valence-electron chi connectivity index (χ0n) is 12.5. The molecule has 1 nitrogen and oxygen atoms in total. The van der Waals surface area contributed by atoms with Gasteiger partial charge < -0.3 is 5.32 Å². The zero-order chi connectivity index (χ0) is 14.5. The lowest BCUT2D eigenvalue weighted by molar-refractivity contribution is 0.222. The van der Waals surface area contributed by atoms with Crippen LogP contribution < -0.4 is 5.32 Å². The molecule has 1 aliphatic rings. The summed E-state index contributed by atoms with van der Waals surface area (Å²) in [5.74, 6) is 1.38. The highest BCUT2D eigenvalue weighted by Gasteiger charge is 2.26. The van der Waals surface area contributed by atoms with E-state index in [0.717, 1.165) is 24.4 Å². The largest absolute Gasteiger partial charge is 0.314 e. The van der Waals surface area contributed by atoms with Crippen LogP contribution in [0, 0.1) is 17.7 Å². The first kappa shape index (κ1) is 16.0. The van der Waals surface area contributed by atoms with Gasteiger partial charge in [-0.25, -0.2) is 4.39 Å². The Morgan fingerprint density at radius 1 is 1.40 bits per heavy atom. The van der Waals surface area contributed by atoms with E-state index in [2.05, 4.69) is 35.1 Å². The smallest absolute Gasteiger partial charge is 0.137 e. The second-order valence-electron chi connectivity index (χ2n) is 6.11. The Balaban J connectivity index is 2.10. The maximum atomic E-state index is 13.7. The van der Waals surface area contributed by atoms with E-state index in [1.807, 2.05) is 12.1 Å². The maximum absolute atomic E-state index is 13.7. The van der Waals surface area contributed by atoms with Crippen LogP contribution in [-0.4, -0.2) is 12.6 Å². The number of hydrogen-bond donors (Lipinski definition) is 1. The molecule has 0 radical (unpaired) electrons. The van der Waals surface area contributed by atoms with Gasteiger partial charge in [0, 0.05) is 6.04 Å². The average molecular weight is 342 g/mol. The Kier molecular flexibility index (Phi) is 6.03. The number of hydrogen-bond acceptors (Lipinski definition) is 1. The minimum absolute atomic E-state index is 0.158. The first-order valence-electron chi connectivity index (χ1n) is 7.78. The van der Waals surface area contributed by atoms with Gasteiger partial charge in [0.05, 0.1) is 4.47 Å². The van der Waals surface area contributed by atoms with Crippen molar-refractivity contribution < 1.29 is 4.39 Å². The average Bonchev–Trinajstić information content (AvgIpc) is 2.43. The molecule has 3 atom stereocenters. The van der Waals surface area contributed by atoms with E-state index in [0.29, 0.717) is 16.4 Å². The predicted molar refractivity (Wildman–Crippen MR) is 86.4 cm³/mol. The molecule has 1 aromatic carbocycles. The number of likely N-dealkylation sites (N-methyl/N-ethyl adjacent to an activating group) is 1. The molecule has 0 amide bonds. The van der Waals surface area contributed by atoms with Crippen LogP contribution in [0.2, 0.25) is 0 Å². The third kappa shape index (κ3) is 4.05. The molecule has 1 aliphatic carbocycles. The summed E-state index contributed by atoms with van der Waals surface area (Å²) in [4.78, 5) is 0. The van der Waals surface area contributed by atoms with Crippen LogP contribution in [0.15, 0.2) is 22.7 Å². The van der Waals surface area contributed by atoms with E-state index >= 15 is 0 Å². The molecule has 0 aromatic heterocycles. The van der Waals surface area contributed by atoms with E-state index < -0.39 is 0 Å². The number of benzene rings is 1. The first-order chi connectivity index (χ1) is 9.61. The normalized spacial score (nSPS) is 24.6. The van der Waals surface area contributed by atoms with Crippen LogP contribution in [0.1, 0.15) is 45.1 Å². The van der Waals surface area contributed by atoms with Gasteiger partial charge in [0.2, 0.25) is 0 Å². The maximum Gasteiger partial charge on any atom is 0.137 e. The monoisotopic (exact) mass is 341 g/mol. The Bertz CT molecular complexity index is 435. The van der Waals surface area contributed by atoms with Crippen LogP contribution in [0.5, 0.6) is 0 Å². The minimum Gasteiger partial charge on any atom is -0.314 e. The fourth-order valence-corrected chi connectivity index (χ4v) is 3.88. The standard InChI is InChI=1S/C17H25BrFN/c1-3-20-16(13-7-4-6-12(2)10-13)11-14-8-5-9-15(19)17(14)18/h5,8-9,12-13,16,20H,3-4,6-7,10-11H2,1-2H3. The van der Waals surface area contributed by atoms with Crippen molar-refractivity contribution in [2.24, 2.45) is 11.8 Å². The molecule has 20 heavy (non-hydrogen) atoms.